The zero-order valence-corrected chi connectivity index (χ0v) is 14.8. The molecule has 3 rings (SSSR count). The number of hydrogen-bond donors (Lipinski definition) is 2. The number of carbonyl (C=O) groups excluding carboxylic acids is 1. The fourth-order valence-corrected chi connectivity index (χ4v) is 3.86. The monoisotopic (exact) mass is 359 g/mol. The number of rotatable bonds is 4. The summed E-state index contributed by atoms with van der Waals surface area (Å²) in [6, 6.07) is 14.9. The number of amides is 1. The molecule has 1 aliphatic heterocycles. The molecule has 1 heterocycles. The predicted molar refractivity (Wildman–Crippen MR) is 97.1 cm³/mol. The standard InChI is InChI=1S/C18H21N3O3S/c1-14-13-19-11-12-21(14)18(22)15-7-9-17(10-8-15)25(23,24)20-16-5-3-2-4-6-16/h2-10,14,19-20H,11-13H2,1H3/t14-/m0/s1. The topological polar surface area (TPSA) is 78.5 Å². The molecule has 25 heavy (non-hydrogen) atoms. The molecule has 0 radical (unpaired) electrons. The second-order valence-electron chi connectivity index (χ2n) is 6.05. The molecule has 1 aliphatic rings. The van der Waals surface area contributed by atoms with E-state index in [0.717, 1.165) is 13.1 Å². The van der Waals surface area contributed by atoms with Crippen molar-refractivity contribution in [2.45, 2.75) is 17.9 Å². The van der Waals surface area contributed by atoms with E-state index in [9.17, 15) is 13.2 Å². The molecule has 7 heteroatoms. The minimum atomic E-state index is -3.68. The molecule has 0 saturated carbocycles. The van der Waals surface area contributed by atoms with Crippen LogP contribution in [0.1, 0.15) is 17.3 Å². The molecule has 132 valence electrons. The number of sulfonamides is 1. The number of benzene rings is 2. The number of anilines is 1. The molecule has 0 aliphatic carbocycles. The highest BCUT2D eigenvalue weighted by Gasteiger charge is 2.24. The zero-order valence-electron chi connectivity index (χ0n) is 14.0. The molecular weight excluding hydrogens is 338 g/mol. The van der Waals surface area contributed by atoms with E-state index in [1.54, 1.807) is 36.4 Å². The second kappa shape index (κ2) is 7.25. The molecule has 0 bridgehead atoms. The van der Waals surface area contributed by atoms with Crippen molar-refractivity contribution in [2.75, 3.05) is 24.4 Å². The molecule has 1 atom stereocenters. The fourth-order valence-electron chi connectivity index (χ4n) is 2.81. The summed E-state index contributed by atoms with van der Waals surface area (Å²) in [4.78, 5) is 14.5. The minimum Gasteiger partial charge on any atom is -0.333 e. The van der Waals surface area contributed by atoms with Crippen LogP contribution in [0.15, 0.2) is 59.5 Å². The maximum absolute atomic E-state index is 12.6. The Labute approximate surface area is 147 Å². The smallest absolute Gasteiger partial charge is 0.261 e. The molecule has 6 nitrogen and oxygen atoms in total. The Bertz CT molecular complexity index is 836. The van der Waals surface area contributed by atoms with E-state index in [-0.39, 0.29) is 16.8 Å². The van der Waals surface area contributed by atoms with Gasteiger partial charge < -0.3 is 10.2 Å². The van der Waals surface area contributed by atoms with E-state index in [4.69, 9.17) is 0 Å². The molecule has 2 aromatic rings. The van der Waals surface area contributed by atoms with Crippen LogP contribution in [0, 0.1) is 0 Å². The molecule has 1 saturated heterocycles. The largest absolute Gasteiger partial charge is 0.333 e. The molecular formula is C18H21N3O3S. The lowest BCUT2D eigenvalue weighted by Crippen LogP contribution is -2.52. The van der Waals surface area contributed by atoms with Gasteiger partial charge >= 0.3 is 0 Å². The first-order chi connectivity index (χ1) is 12.0. The first-order valence-electron chi connectivity index (χ1n) is 8.17. The van der Waals surface area contributed by atoms with Crippen molar-refractivity contribution in [3.8, 4) is 0 Å². The molecule has 2 aromatic carbocycles. The summed E-state index contributed by atoms with van der Waals surface area (Å²) in [6.07, 6.45) is 0. The molecule has 2 N–H and O–H groups in total. The SMILES string of the molecule is C[C@H]1CNCCN1C(=O)c1ccc(S(=O)(=O)Nc2ccccc2)cc1. The number of hydrogen-bond acceptors (Lipinski definition) is 4. The van der Waals surface area contributed by atoms with E-state index >= 15 is 0 Å². The lowest BCUT2D eigenvalue weighted by atomic mass is 10.1. The van der Waals surface area contributed by atoms with Crippen molar-refractivity contribution < 1.29 is 13.2 Å². The number of carbonyl (C=O) groups is 1. The summed E-state index contributed by atoms with van der Waals surface area (Å²) in [7, 11) is -3.68. The van der Waals surface area contributed by atoms with Crippen LogP contribution < -0.4 is 10.0 Å². The van der Waals surface area contributed by atoms with Crippen LogP contribution >= 0.6 is 0 Å². The maximum atomic E-state index is 12.6. The van der Waals surface area contributed by atoms with E-state index in [0.29, 0.717) is 17.8 Å². The Hall–Kier alpha value is -2.38. The average Bonchev–Trinajstić information content (AvgIpc) is 2.62. The summed E-state index contributed by atoms with van der Waals surface area (Å²) in [5.41, 5.74) is 0.990. The Morgan fingerprint density at radius 2 is 1.80 bits per heavy atom. The van der Waals surface area contributed by atoms with Gasteiger partial charge in [0.15, 0.2) is 0 Å². The van der Waals surface area contributed by atoms with Crippen LogP contribution in [0.5, 0.6) is 0 Å². The van der Waals surface area contributed by atoms with Gasteiger partial charge in [0.25, 0.3) is 15.9 Å². The normalized spacial score (nSPS) is 18.0. The number of para-hydroxylation sites is 1. The van der Waals surface area contributed by atoms with Gasteiger partial charge in [0.2, 0.25) is 0 Å². The Balaban J connectivity index is 1.76. The number of nitrogens with one attached hydrogen (secondary N) is 2. The first kappa shape index (κ1) is 17.4. The van der Waals surface area contributed by atoms with Crippen LogP contribution in [0.2, 0.25) is 0 Å². The van der Waals surface area contributed by atoms with Crippen molar-refractivity contribution in [1.82, 2.24) is 10.2 Å². The van der Waals surface area contributed by atoms with E-state index in [1.807, 2.05) is 17.9 Å². The second-order valence-corrected chi connectivity index (χ2v) is 7.73. The van der Waals surface area contributed by atoms with Gasteiger partial charge in [0.1, 0.15) is 0 Å². The quantitative estimate of drug-likeness (QED) is 0.874. The maximum Gasteiger partial charge on any atom is 0.261 e. The Morgan fingerprint density at radius 3 is 2.44 bits per heavy atom. The average molecular weight is 359 g/mol. The third kappa shape index (κ3) is 4.00. The number of nitrogens with zero attached hydrogens (tertiary/aromatic N) is 1. The van der Waals surface area contributed by atoms with Gasteiger partial charge in [-0.15, -0.1) is 0 Å². The summed E-state index contributed by atoms with van der Waals surface area (Å²) in [5.74, 6) is -0.0750. The summed E-state index contributed by atoms with van der Waals surface area (Å²) >= 11 is 0. The van der Waals surface area contributed by atoms with Crippen LogP contribution in [0.25, 0.3) is 0 Å². The summed E-state index contributed by atoms with van der Waals surface area (Å²) < 4.78 is 27.4. The molecule has 1 fully saturated rings. The van der Waals surface area contributed by atoms with E-state index in [1.165, 1.54) is 12.1 Å². The van der Waals surface area contributed by atoms with Crippen molar-refractivity contribution in [3.63, 3.8) is 0 Å². The van der Waals surface area contributed by atoms with E-state index in [2.05, 4.69) is 10.0 Å². The van der Waals surface area contributed by atoms with E-state index < -0.39 is 10.0 Å². The van der Waals surface area contributed by atoms with Crippen LogP contribution in [0.3, 0.4) is 0 Å². The third-order valence-corrected chi connectivity index (χ3v) is 5.60. The molecule has 0 spiro atoms. The highest BCUT2D eigenvalue weighted by molar-refractivity contribution is 7.92. The van der Waals surface area contributed by atoms with Gasteiger partial charge in [-0.3, -0.25) is 9.52 Å². The van der Waals surface area contributed by atoms with Crippen LogP contribution in [-0.2, 0) is 10.0 Å². The van der Waals surface area contributed by atoms with Crippen LogP contribution in [0.4, 0.5) is 5.69 Å². The summed E-state index contributed by atoms with van der Waals surface area (Å²) in [5, 5.41) is 3.24. The van der Waals surface area contributed by atoms with Gasteiger partial charge in [-0.2, -0.15) is 0 Å². The van der Waals surface area contributed by atoms with Gasteiger partial charge in [-0.1, -0.05) is 18.2 Å². The van der Waals surface area contributed by atoms with Crippen molar-refractivity contribution in [2.24, 2.45) is 0 Å². The van der Waals surface area contributed by atoms with Gasteiger partial charge in [-0.05, 0) is 43.3 Å². The van der Waals surface area contributed by atoms with Crippen molar-refractivity contribution in [1.29, 1.82) is 0 Å². The highest BCUT2D eigenvalue weighted by atomic mass is 32.2. The van der Waals surface area contributed by atoms with Crippen molar-refractivity contribution >= 4 is 21.6 Å². The fraction of sp³-hybridized carbons (Fsp3) is 0.278. The highest BCUT2D eigenvalue weighted by Crippen LogP contribution is 2.18. The molecule has 1 amide bonds. The van der Waals surface area contributed by atoms with Gasteiger partial charge in [0, 0.05) is 36.9 Å². The van der Waals surface area contributed by atoms with Crippen LogP contribution in [-0.4, -0.2) is 44.9 Å². The number of piperazine rings is 1. The Kier molecular flexibility index (Phi) is 5.06. The minimum absolute atomic E-state index is 0.0750. The first-order valence-corrected chi connectivity index (χ1v) is 9.65. The van der Waals surface area contributed by atoms with Gasteiger partial charge in [-0.25, -0.2) is 8.42 Å². The summed E-state index contributed by atoms with van der Waals surface area (Å²) in [6.45, 7) is 4.17. The zero-order chi connectivity index (χ0) is 17.9. The predicted octanol–water partition coefficient (Wildman–Crippen LogP) is 1.92. The molecule has 0 aromatic heterocycles. The lowest BCUT2D eigenvalue weighted by Gasteiger charge is -2.34. The lowest BCUT2D eigenvalue weighted by molar-refractivity contribution is 0.0655. The third-order valence-electron chi connectivity index (χ3n) is 4.20. The molecule has 0 unspecified atom stereocenters. The Morgan fingerprint density at radius 1 is 1.12 bits per heavy atom. The van der Waals surface area contributed by atoms with Crippen molar-refractivity contribution in [3.05, 3.63) is 60.2 Å². The van der Waals surface area contributed by atoms with Gasteiger partial charge in [0.05, 0.1) is 4.90 Å².